The Balaban J connectivity index is 1.41. The maximum absolute atomic E-state index is 12.8. The molecule has 5 heteroatoms. The van der Waals surface area contributed by atoms with Crippen LogP contribution >= 0.6 is 15.9 Å². The number of benzene rings is 2. The van der Waals surface area contributed by atoms with Crippen molar-refractivity contribution in [2.75, 3.05) is 0 Å². The number of unbranched alkanes of at least 4 members (excludes halogenated alkanes) is 13. The van der Waals surface area contributed by atoms with E-state index in [-0.39, 0.29) is 11.9 Å². The summed E-state index contributed by atoms with van der Waals surface area (Å²) < 4.78 is 3.21. The third kappa shape index (κ3) is 9.92. The van der Waals surface area contributed by atoms with E-state index in [4.69, 9.17) is 4.98 Å². The molecule has 0 radical (unpaired) electrons. The third-order valence-electron chi connectivity index (χ3n) is 7.24. The molecule has 1 unspecified atom stereocenters. The van der Waals surface area contributed by atoms with Gasteiger partial charge in [0.05, 0.1) is 17.1 Å². The van der Waals surface area contributed by atoms with E-state index in [1.165, 1.54) is 83.5 Å². The van der Waals surface area contributed by atoms with Gasteiger partial charge in [-0.15, -0.1) is 0 Å². The fourth-order valence-corrected chi connectivity index (χ4v) is 5.50. The number of carbonyl (C=O) groups is 1. The number of halogens is 1. The smallest absolute Gasteiger partial charge is 0.251 e. The van der Waals surface area contributed by atoms with Crippen LogP contribution in [-0.2, 0) is 6.54 Å². The van der Waals surface area contributed by atoms with Gasteiger partial charge in [0.1, 0.15) is 5.82 Å². The Labute approximate surface area is 232 Å². The lowest BCUT2D eigenvalue weighted by Gasteiger charge is -2.16. The topological polar surface area (TPSA) is 46.9 Å². The number of carbonyl (C=O) groups excluding carboxylic acids is 1. The van der Waals surface area contributed by atoms with E-state index in [1.54, 1.807) is 0 Å². The van der Waals surface area contributed by atoms with Crippen molar-refractivity contribution < 1.29 is 4.79 Å². The zero-order valence-corrected chi connectivity index (χ0v) is 24.6. The molecule has 1 heterocycles. The van der Waals surface area contributed by atoms with Crippen LogP contribution in [0.3, 0.4) is 0 Å². The molecule has 0 spiro atoms. The summed E-state index contributed by atoms with van der Waals surface area (Å²) in [5.41, 5.74) is 2.79. The summed E-state index contributed by atoms with van der Waals surface area (Å²) in [6.45, 7) is 5.25. The first kappa shape index (κ1) is 29.4. The SMILES string of the molecule is CCCCCCCCCCCCCCCCn1c(C(C)NC(=O)c2cccc(Br)c2)nc2ccccc21. The van der Waals surface area contributed by atoms with E-state index in [9.17, 15) is 4.79 Å². The minimum Gasteiger partial charge on any atom is -0.342 e. The lowest BCUT2D eigenvalue weighted by atomic mass is 10.0. The zero-order valence-electron chi connectivity index (χ0n) is 23.0. The highest BCUT2D eigenvalue weighted by atomic mass is 79.9. The van der Waals surface area contributed by atoms with Gasteiger partial charge in [0.15, 0.2) is 0 Å². The van der Waals surface area contributed by atoms with Crippen LogP contribution in [0.25, 0.3) is 11.0 Å². The Kier molecular flexibility index (Phi) is 13.2. The number of imidazole rings is 1. The average molecular weight is 569 g/mol. The number of hydrogen-bond donors (Lipinski definition) is 1. The minimum absolute atomic E-state index is 0.0797. The molecule has 4 nitrogen and oxygen atoms in total. The summed E-state index contributed by atoms with van der Waals surface area (Å²) >= 11 is 3.45. The molecule has 0 saturated heterocycles. The van der Waals surface area contributed by atoms with Gasteiger partial charge in [-0.05, 0) is 43.7 Å². The molecule has 202 valence electrons. The molecule has 0 fully saturated rings. The fourth-order valence-electron chi connectivity index (χ4n) is 5.10. The van der Waals surface area contributed by atoms with Gasteiger partial charge in [-0.1, -0.05) is 125 Å². The summed E-state index contributed by atoms with van der Waals surface area (Å²) in [6, 6.07) is 15.6. The van der Waals surface area contributed by atoms with Gasteiger partial charge in [-0.25, -0.2) is 4.98 Å². The van der Waals surface area contributed by atoms with Crippen molar-refractivity contribution >= 4 is 32.9 Å². The first-order valence-electron chi connectivity index (χ1n) is 14.6. The molecule has 0 saturated carbocycles. The van der Waals surface area contributed by atoms with Crippen LogP contribution in [0.15, 0.2) is 53.0 Å². The van der Waals surface area contributed by atoms with Crippen LogP contribution in [0, 0.1) is 0 Å². The molecule has 1 atom stereocenters. The van der Waals surface area contributed by atoms with Crippen LogP contribution in [0.1, 0.15) is 126 Å². The van der Waals surface area contributed by atoms with Crippen LogP contribution in [0.5, 0.6) is 0 Å². The van der Waals surface area contributed by atoms with Gasteiger partial charge >= 0.3 is 0 Å². The summed E-state index contributed by atoms with van der Waals surface area (Å²) in [6.07, 6.45) is 19.0. The number of fused-ring (bicyclic) bond motifs is 1. The van der Waals surface area contributed by atoms with Crippen molar-refractivity contribution in [1.29, 1.82) is 0 Å². The van der Waals surface area contributed by atoms with E-state index in [0.29, 0.717) is 5.56 Å². The van der Waals surface area contributed by atoms with Gasteiger partial charge in [0.2, 0.25) is 0 Å². The number of amides is 1. The van der Waals surface area contributed by atoms with Gasteiger partial charge in [0, 0.05) is 16.6 Å². The quantitative estimate of drug-likeness (QED) is 0.155. The summed E-state index contributed by atoms with van der Waals surface area (Å²) in [5, 5.41) is 3.15. The molecular weight excluding hydrogens is 522 g/mol. The Bertz CT molecular complexity index is 1080. The van der Waals surface area contributed by atoms with Crippen molar-refractivity contribution in [2.24, 2.45) is 0 Å². The molecule has 2 aromatic carbocycles. The van der Waals surface area contributed by atoms with Crippen molar-refractivity contribution in [2.45, 2.75) is 116 Å². The predicted molar refractivity (Wildman–Crippen MR) is 160 cm³/mol. The summed E-state index contributed by atoms with van der Waals surface area (Å²) in [5.74, 6) is 0.850. The van der Waals surface area contributed by atoms with Crippen LogP contribution in [-0.4, -0.2) is 15.5 Å². The van der Waals surface area contributed by atoms with Crippen LogP contribution < -0.4 is 5.32 Å². The maximum Gasteiger partial charge on any atom is 0.251 e. The first-order chi connectivity index (χ1) is 18.1. The number of nitrogens with one attached hydrogen (secondary N) is 1. The van der Waals surface area contributed by atoms with Crippen LogP contribution in [0.4, 0.5) is 0 Å². The molecule has 1 amide bonds. The average Bonchev–Trinajstić information content (AvgIpc) is 3.27. The molecule has 0 aliphatic carbocycles. The molecule has 0 aliphatic heterocycles. The van der Waals surface area contributed by atoms with E-state index >= 15 is 0 Å². The molecular formula is C32H46BrN3O. The number of aryl methyl sites for hydroxylation is 1. The van der Waals surface area contributed by atoms with Crippen molar-refractivity contribution in [3.05, 3.63) is 64.4 Å². The van der Waals surface area contributed by atoms with E-state index in [0.717, 1.165) is 34.3 Å². The first-order valence-corrected chi connectivity index (χ1v) is 15.4. The van der Waals surface area contributed by atoms with Gasteiger partial charge in [0.25, 0.3) is 5.91 Å². The highest BCUT2D eigenvalue weighted by molar-refractivity contribution is 9.10. The van der Waals surface area contributed by atoms with Crippen LogP contribution in [0.2, 0.25) is 0 Å². The Hall–Kier alpha value is -2.14. The van der Waals surface area contributed by atoms with Crippen molar-refractivity contribution in [3.63, 3.8) is 0 Å². The fraction of sp³-hybridized carbons (Fsp3) is 0.562. The van der Waals surface area contributed by atoms with Gasteiger partial charge in [-0.3, -0.25) is 4.79 Å². The zero-order chi connectivity index (χ0) is 26.3. The molecule has 1 aromatic heterocycles. The van der Waals surface area contributed by atoms with E-state index in [1.807, 2.05) is 37.3 Å². The number of aromatic nitrogens is 2. The second kappa shape index (κ2) is 16.7. The summed E-state index contributed by atoms with van der Waals surface area (Å²) in [4.78, 5) is 17.7. The number of rotatable bonds is 18. The second-order valence-corrected chi connectivity index (χ2v) is 11.3. The maximum atomic E-state index is 12.8. The number of nitrogens with zero attached hydrogens (tertiary/aromatic N) is 2. The standard InChI is InChI=1S/C32H46BrN3O/c1-3-4-5-6-7-8-9-10-11-12-13-14-15-18-24-36-30-23-17-16-22-29(30)35-31(36)26(2)34-32(37)27-20-19-21-28(33)25-27/h16-17,19-23,25-26H,3-15,18,24H2,1-2H3,(H,34,37). The van der Waals surface area contributed by atoms with Crippen molar-refractivity contribution in [3.8, 4) is 0 Å². The molecule has 3 aromatic rings. The van der Waals surface area contributed by atoms with E-state index in [2.05, 4.69) is 50.9 Å². The van der Waals surface area contributed by atoms with Gasteiger partial charge in [-0.2, -0.15) is 0 Å². The van der Waals surface area contributed by atoms with Gasteiger partial charge < -0.3 is 9.88 Å². The lowest BCUT2D eigenvalue weighted by Crippen LogP contribution is -2.28. The lowest BCUT2D eigenvalue weighted by molar-refractivity contribution is 0.0937. The molecule has 0 bridgehead atoms. The highest BCUT2D eigenvalue weighted by Crippen LogP contribution is 2.23. The minimum atomic E-state index is -0.175. The Morgan fingerprint density at radius 1 is 0.838 bits per heavy atom. The number of hydrogen-bond acceptors (Lipinski definition) is 2. The monoisotopic (exact) mass is 567 g/mol. The van der Waals surface area contributed by atoms with E-state index < -0.39 is 0 Å². The largest absolute Gasteiger partial charge is 0.342 e. The highest BCUT2D eigenvalue weighted by Gasteiger charge is 2.19. The third-order valence-corrected chi connectivity index (χ3v) is 7.73. The predicted octanol–water partition coefficient (Wildman–Crippen LogP) is 9.77. The Morgan fingerprint density at radius 2 is 1.43 bits per heavy atom. The molecule has 3 rings (SSSR count). The number of para-hydroxylation sites is 2. The molecule has 1 N–H and O–H groups in total. The Morgan fingerprint density at radius 3 is 2.05 bits per heavy atom. The molecule has 0 aliphatic rings. The summed E-state index contributed by atoms with van der Waals surface area (Å²) in [7, 11) is 0. The second-order valence-electron chi connectivity index (χ2n) is 10.4. The van der Waals surface area contributed by atoms with Crippen molar-refractivity contribution in [1.82, 2.24) is 14.9 Å². The normalized spacial score (nSPS) is 12.2. The molecule has 37 heavy (non-hydrogen) atoms.